The number of fused-ring (bicyclic) bond motifs is 4. The van der Waals surface area contributed by atoms with Crippen molar-refractivity contribution in [3.05, 3.63) is 101 Å². The molecule has 0 atom stereocenters. The van der Waals surface area contributed by atoms with Crippen molar-refractivity contribution >= 4 is 16.6 Å². The molecule has 0 saturated carbocycles. The van der Waals surface area contributed by atoms with Crippen molar-refractivity contribution in [2.24, 2.45) is 17.8 Å². The van der Waals surface area contributed by atoms with Gasteiger partial charge in [0.2, 0.25) is 0 Å². The van der Waals surface area contributed by atoms with E-state index >= 15 is 0 Å². The van der Waals surface area contributed by atoms with Gasteiger partial charge < -0.3 is 5.11 Å². The molecule has 4 aromatic rings. The number of pyridine rings is 1. The third-order valence-electron chi connectivity index (χ3n) is 9.54. The number of aromatic nitrogens is 1. The topological polar surface area (TPSA) is 50.2 Å². The Morgan fingerprint density at radius 1 is 0.851 bits per heavy atom. The van der Waals surface area contributed by atoms with Crippen LogP contribution >= 0.6 is 0 Å². The molecular formula is C43H54IrNO2-. The fraction of sp³-hybridized carbons (Fsp3) is 0.442. The number of ketones is 1. The van der Waals surface area contributed by atoms with Crippen molar-refractivity contribution in [2.45, 2.75) is 106 Å². The van der Waals surface area contributed by atoms with E-state index in [2.05, 4.69) is 94.6 Å². The normalized spacial score (nSPS) is 12.6. The van der Waals surface area contributed by atoms with Gasteiger partial charge in [0.05, 0.1) is 5.76 Å². The smallest absolute Gasteiger partial charge is 0.162 e. The second kappa shape index (κ2) is 17.9. The molecule has 1 aliphatic rings. The quantitative estimate of drug-likeness (QED) is 0.0933. The first-order valence-corrected chi connectivity index (χ1v) is 17.6. The van der Waals surface area contributed by atoms with E-state index in [9.17, 15) is 9.90 Å². The zero-order valence-electron chi connectivity index (χ0n) is 29.7. The minimum absolute atomic E-state index is 0. The second-order valence-corrected chi connectivity index (χ2v) is 13.7. The molecule has 253 valence electrons. The average molecular weight is 809 g/mol. The van der Waals surface area contributed by atoms with Gasteiger partial charge >= 0.3 is 0 Å². The number of aliphatic hydroxyl groups excluding tert-OH is 1. The second-order valence-electron chi connectivity index (χ2n) is 13.7. The van der Waals surface area contributed by atoms with E-state index in [0.29, 0.717) is 11.8 Å². The maximum atomic E-state index is 11.7. The van der Waals surface area contributed by atoms with Gasteiger partial charge in [-0.2, -0.15) is 0 Å². The molecule has 4 heteroatoms. The largest absolute Gasteiger partial charge is 0.512 e. The van der Waals surface area contributed by atoms with Gasteiger partial charge in [0.15, 0.2) is 5.78 Å². The summed E-state index contributed by atoms with van der Waals surface area (Å²) >= 11 is 0. The molecule has 3 nitrogen and oxygen atoms in total. The molecule has 47 heavy (non-hydrogen) atoms. The Balaban J connectivity index is 0.000000322. The number of benzene rings is 3. The molecule has 0 aliphatic heterocycles. The van der Waals surface area contributed by atoms with Gasteiger partial charge in [0, 0.05) is 49.9 Å². The van der Waals surface area contributed by atoms with E-state index in [1.54, 1.807) is 0 Å². The van der Waals surface area contributed by atoms with E-state index in [0.717, 1.165) is 56.2 Å². The van der Waals surface area contributed by atoms with Crippen LogP contribution in [0.2, 0.25) is 0 Å². The van der Waals surface area contributed by atoms with Crippen molar-refractivity contribution in [1.29, 1.82) is 0 Å². The summed E-state index contributed by atoms with van der Waals surface area (Å²) in [5.74, 6) is 1.69. The molecule has 1 aliphatic carbocycles. The van der Waals surface area contributed by atoms with E-state index in [1.807, 2.05) is 27.7 Å². The van der Waals surface area contributed by atoms with Gasteiger partial charge in [-0.15, -0.1) is 29.1 Å². The van der Waals surface area contributed by atoms with Crippen LogP contribution in [0, 0.1) is 23.8 Å². The predicted octanol–water partition coefficient (Wildman–Crippen LogP) is 11.7. The van der Waals surface area contributed by atoms with Crippen LogP contribution in [-0.4, -0.2) is 15.9 Å². The van der Waals surface area contributed by atoms with Crippen molar-refractivity contribution in [3.8, 4) is 22.4 Å². The van der Waals surface area contributed by atoms with Gasteiger partial charge in [0.25, 0.3) is 0 Å². The summed E-state index contributed by atoms with van der Waals surface area (Å²) in [5, 5.41) is 12.2. The summed E-state index contributed by atoms with van der Waals surface area (Å²) in [6, 6.07) is 23.9. The van der Waals surface area contributed by atoms with Gasteiger partial charge in [-0.05, 0) is 84.6 Å². The van der Waals surface area contributed by atoms with E-state index in [1.165, 1.54) is 50.2 Å². The van der Waals surface area contributed by atoms with Crippen molar-refractivity contribution in [2.75, 3.05) is 0 Å². The monoisotopic (exact) mass is 809 g/mol. The summed E-state index contributed by atoms with van der Waals surface area (Å²) in [6.45, 7) is 17.2. The summed E-state index contributed by atoms with van der Waals surface area (Å²) in [7, 11) is 0. The number of carbonyl (C=O) groups is 1. The van der Waals surface area contributed by atoms with Crippen LogP contribution in [0.5, 0.6) is 0 Å². The molecule has 1 aromatic heterocycles. The molecule has 0 fully saturated rings. The number of carbonyl (C=O) groups excluding carboxylic acids is 1. The Morgan fingerprint density at radius 3 is 2.15 bits per heavy atom. The zero-order valence-corrected chi connectivity index (χ0v) is 32.1. The predicted molar refractivity (Wildman–Crippen MR) is 195 cm³/mol. The maximum absolute atomic E-state index is 11.7. The number of aliphatic hydroxyl groups is 1. The maximum Gasteiger partial charge on any atom is 0.162 e. The number of hydrogen-bond donors (Lipinski definition) is 1. The Labute approximate surface area is 297 Å². The fourth-order valence-electron chi connectivity index (χ4n) is 6.72. The Morgan fingerprint density at radius 2 is 1.51 bits per heavy atom. The Kier molecular flexibility index (Phi) is 14.6. The molecule has 0 amide bonds. The summed E-state index contributed by atoms with van der Waals surface area (Å²) in [4.78, 5) is 16.6. The SMILES string of the molecule is CC(C)Cc1ccc2c(c1)CCc1cnc(-c3[c-]c4ccccc4c(C(C)C)c3)cc1-2.CCC(CC)C(=O)/C=C(\O)C(CC)CC.[Ir]. The fourth-order valence-corrected chi connectivity index (χ4v) is 6.72. The molecule has 0 unspecified atom stereocenters. The van der Waals surface area contributed by atoms with Gasteiger partial charge in [0.1, 0.15) is 0 Å². The average Bonchev–Trinajstić information content (AvgIpc) is 3.04. The first-order valence-electron chi connectivity index (χ1n) is 17.6. The van der Waals surface area contributed by atoms with Crippen LogP contribution < -0.4 is 0 Å². The van der Waals surface area contributed by atoms with Crippen LogP contribution in [0.3, 0.4) is 0 Å². The first-order chi connectivity index (χ1) is 22.1. The van der Waals surface area contributed by atoms with Gasteiger partial charge in [-0.25, -0.2) is 0 Å². The number of aryl methyl sites for hydroxylation is 2. The standard InChI is InChI=1S/C30H30N.C13H24O2.Ir/c1-19(2)13-21-9-12-27-23(14-21)10-11-24-18-31-30(17-29(24)27)25-15-22-7-5-6-8-26(22)28(16-25)20(3)4;1-5-10(6-2)12(14)9-13(15)11(7-3)8-4;/h5-9,12,14,16-20H,10-11,13H2,1-4H3;9-11,14H,5-8H2,1-4H3;/q-1;;/b;12-9-;. The van der Waals surface area contributed by atoms with Crippen LogP contribution in [0.4, 0.5) is 0 Å². The van der Waals surface area contributed by atoms with Crippen molar-refractivity contribution in [3.63, 3.8) is 0 Å². The van der Waals surface area contributed by atoms with Crippen LogP contribution in [0.25, 0.3) is 33.2 Å². The van der Waals surface area contributed by atoms with E-state index < -0.39 is 0 Å². The van der Waals surface area contributed by atoms with Crippen LogP contribution in [-0.2, 0) is 44.2 Å². The molecule has 1 radical (unpaired) electrons. The molecule has 5 rings (SSSR count). The van der Waals surface area contributed by atoms with Crippen molar-refractivity contribution < 1.29 is 30.0 Å². The molecule has 1 N–H and O–H groups in total. The van der Waals surface area contributed by atoms with E-state index in [4.69, 9.17) is 4.98 Å². The third-order valence-corrected chi connectivity index (χ3v) is 9.54. The molecular weight excluding hydrogens is 755 g/mol. The number of hydrogen-bond acceptors (Lipinski definition) is 3. The first kappa shape index (κ1) is 38.4. The molecule has 1 heterocycles. The minimum Gasteiger partial charge on any atom is -0.512 e. The Hall–Kier alpha value is -3.07. The van der Waals surface area contributed by atoms with Crippen LogP contribution in [0.15, 0.2) is 72.6 Å². The minimum atomic E-state index is 0. The summed E-state index contributed by atoms with van der Waals surface area (Å²) in [5.41, 5.74) is 10.5. The summed E-state index contributed by atoms with van der Waals surface area (Å²) < 4.78 is 0. The number of rotatable bonds is 11. The zero-order chi connectivity index (χ0) is 33.4. The van der Waals surface area contributed by atoms with Gasteiger partial charge in [-0.3, -0.25) is 9.78 Å². The molecule has 0 bridgehead atoms. The molecule has 3 aromatic carbocycles. The Bertz CT molecular complexity index is 1660. The number of nitrogens with zero attached hydrogens (tertiary/aromatic N) is 1. The number of allylic oxidation sites excluding steroid dienone is 2. The van der Waals surface area contributed by atoms with Crippen molar-refractivity contribution in [1.82, 2.24) is 4.98 Å². The third kappa shape index (κ3) is 9.52. The van der Waals surface area contributed by atoms with E-state index in [-0.39, 0.29) is 43.5 Å². The van der Waals surface area contributed by atoms with Crippen LogP contribution in [0.1, 0.15) is 109 Å². The summed E-state index contributed by atoms with van der Waals surface area (Å²) in [6.07, 6.45) is 10.3. The van der Waals surface area contributed by atoms with Gasteiger partial charge in [-0.1, -0.05) is 109 Å². The molecule has 0 spiro atoms. The molecule has 0 saturated heterocycles.